The molecule has 9 heteroatoms. The summed E-state index contributed by atoms with van der Waals surface area (Å²) in [5.41, 5.74) is 1.00. The van der Waals surface area contributed by atoms with Gasteiger partial charge in [-0.2, -0.15) is 0 Å². The number of hydrogen-bond donors (Lipinski definition) is 3. The fraction of sp³-hybridized carbons (Fsp3) is 0.615. The van der Waals surface area contributed by atoms with E-state index in [1.54, 1.807) is 6.07 Å². The van der Waals surface area contributed by atoms with E-state index in [9.17, 15) is 24.3 Å². The first kappa shape index (κ1) is 25.2. The average molecular weight is 486 g/mol. The van der Waals surface area contributed by atoms with E-state index in [0.717, 1.165) is 11.1 Å². The number of nitrogens with zero attached hydrogens (tertiary/aromatic N) is 1. The van der Waals surface area contributed by atoms with Crippen LogP contribution in [-0.4, -0.2) is 57.1 Å². The van der Waals surface area contributed by atoms with E-state index < -0.39 is 29.2 Å². The van der Waals surface area contributed by atoms with Gasteiger partial charge < -0.3 is 20.1 Å². The van der Waals surface area contributed by atoms with Crippen molar-refractivity contribution in [3.05, 3.63) is 34.9 Å². The molecule has 2 fully saturated rings. The first-order chi connectivity index (χ1) is 16.3. The Morgan fingerprint density at radius 1 is 1.26 bits per heavy atom. The molecule has 9 nitrogen and oxygen atoms in total. The zero-order valence-corrected chi connectivity index (χ0v) is 20.8. The van der Waals surface area contributed by atoms with Crippen molar-refractivity contribution < 1.29 is 29.0 Å². The molecule has 0 radical (unpaired) electrons. The van der Waals surface area contributed by atoms with Crippen LogP contribution in [0, 0.1) is 5.92 Å². The van der Waals surface area contributed by atoms with Gasteiger partial charge in [-0.3, -0.25) is 19.7 Å². The van der Waals surface area contributed by atoms with Crippen molar-refractivity contribution in [3.8, 4) is 0 Å². The number of piperidine rings is 1. The van der Waals surface area contributed by atoms with Crippen LogP contribution in [0.2, 0.25) is 0 Å². The summed E-state index contributed by atoms with van der Waals surface area (Å²) < 4.78 is 5.44. The maximum atomic E-state index is 13.0. The molecule has 1 aliphatic carbocycles. The molecule has 1 aromatic carbocycles. The number of carbonyl (C=O) groups is 4. The maximum absolute atomic E-state index is 13.0. The molecule has 190 valence electrons. The van der Waals surface area contributed by atoms with Crippen molar-refractivity contribution >= 4 is 23.8 Å². The molecule has 1 unspecified atom stereocenters. The number of aliphatic hydroxyl groups is 1. The molecule has 1 saturated heterocycles. The number of rotatable bonds is 4. The molecular weight excluding hydrogens is 450 g/mol. The quantitative estimate of drug-likeness (QED) is 0.563. The van der Waals surface area contributed by atoms with Crippen LogP contribution in [-0.2, 0) is 27.3 Å². The number of imide groups is 1. The molecule has 4 amide bonds. The van der Waals surface area contributed by atoms with Crippen LogP contribution in [0.25, 0.3) is 0 Å². The van der Waals surface area contributed by atoms with Crippen molar-refractivity contribution in [1.82, 2.24) is 15.5 Å². The van der Waals surface area contributed by atoms with Crippen molar-refractivity contribution in [1.29, 1.82) is 0 Å². The first-order valence-corrected chi connectivity index (χ1v) is 12.3. The van der Waals surface area contributed by atoms with E-state index in [0.29, 0.717) is 44.2 Å². The van der Waals surface area contributed by atoms with Gasteiger partial charge in [-0.05, 0) is 82.9 Å². The number of fused-ring (bicyclic) bond motifs is 1. The smallest absolute Gasteiger partial charge is 0.407 e. The minimum Gasteiger partial charge on any atom is -0.444 e. The number of hydrogen-bond acceptors (Lipinski definition) is 6. The van der Waals surface area contributed by atoms with Crippen LogP contribution in [0.4, 0.5) is 4.79 Å². The lowest BCUT2D eigenvalue weighted by Gasteiger charge is -2.40. The fourth-order valence-corrected chi connectivity index (χ4v) is 5.43. The summed E-state index contributed by atoms with van der Waals surface area (Å²) in [6.07, 6.45) is 2.46. The third-order valence-electron chi connectivity index (χ3n) is 7.05. The normalized spacial score (nSPS) is 29.0. The van der Waals surface area contributed by atoms with E-state index >= 15 is 0 Å². The van der Waals surface area contributed by atoms with Gasteiger partial charge in [0.25, 0.3) is 5.91 Å². The van der Waals surface area contributed by atoms with Crippen molar-refractivity contribution in [2.45, 2.75) is 96.1 Å². The molecule has 0 bridgehead atoms. The Morgan fingerprint density at radius 2 is 2.00 bits per heavy atom. The summed E-state index contributed by atoms with van der Waals surface area (Å²) in [6, 6.07) is 4.88. The summed E-state index contributed by atoms with van der Waals surface area (Å²) in [5, 5.41) is 16.0. The van der Waals surface area contributed by atoms with E-state index in [4.69, 9.17) is 4.74 Å². The van der Waals surface area contributed by atoms with Gasteiger partial charge in [0.15, 0.2) is 0 Å². The van der Waals surface area contributed by atoms with Gasteiger partial charge in [-0.1, -0.05) is 12.1 Å². The van der Waals surface area contributed by atoms with E-state index in [1.165, 1.54) is 4.90 Å². The van der Waals surface area contributed by atoms with Crippen LogP contribution in [0.15, 0.2) is 18.2 Å². The molecule has 35 heavy (non-hydrogen) atoms. The highest BCUT2D eigenvalue weighted by molar-refractivity contribution is 6.05. The number of amides is 4. The highest BCUT2D eigenvalue weighted by Crippen LogP contribution is 2.36. The number of benzene rings is 1. The number of ether oxygens (including phenoxy) is 1. The third kappa shape index (κ3) is 5.83. The first-order valence-electron chi connectivity index (χ1n) is 12.3. The molecule has 4 rings (SSSR count). The molecular formula is C26H35N3O6. The lowest BCUT2D eigenvalue weighted by molar-refractivity contribution is -0.136. The fourth-order valence-electron chi connectivity index (χ4n) is 5.43. The van der Waals surface area contributed by atoms with Gasteiger partial charge in [0.05, 0.1) is 5.60 Å². The molecule has 3 aliphatic rings. The van der Waals surface area contributed by atoms with Gasteiger partial charge in [0, 0.05) is 24.6 Å². The van der Waals surface area contributed by atoms with Crippen LogP contribution >= 0.6 is 0 Å². The Bertz CT molecular complexity index is 1040. The second-order valence-electron chi connectivity index (χ2n) is 11.3. The van der Waals surface area contributed by atoms with Gasteiger partial charge in [0.1, 0.15) is 11.6 Å². The van der Waals surface area contributed by atoms with Gasteiger partial charge in [0.2, 0.25) is 11.8 Å². The van der Waals surface area contributed by atoms with Gasteiger partial charge in [-0.15, -0.1) is 0 Å². The summed E-state index contributed by atoms with van der Waals surface area (Å²) in [7, 11) is 0. The number of carbonyl (C=O) groups excluding carboxylic acids is 4. The van der Waals surface area contributed by atoms with Gasteiger partial charge in [-0.25, -0.2) is 4.79 Å². The lowest BCUT2D eigenvalue weighted by Crippen LogP contribution is -2.52. The van der Waals surface area contributed by atoms with Crippen LogP contribution in [0.1, 0.15) is 81.3 Å². The zero-order valence-electron chi connectivity index (χ0n) is 20.8. The summed E-state index contributed by atoms with van der Waals surface area (Å²) in [5.74, 6) is -0.947. The molecule has 2 aliphatic heterocycles. The largest absolute Gasteiger partial charge is 0.444 e. The summed E-state index contributed by atoms with van der Waals surface area (Å²) in [4.78, 5) is 50.7. The minimum atomic E-state index is -0.813. The molecule has 4 atom stereocenters. The topological polar surface area (TPSA) is 125 Å². The molecule has 0 aromatic heterocycles. The van der Waals surface area contributed by atoms with Crippen LogP contribution in [0.3, 0.4) is 0 Å². The van der Waals surface area contributed by atoms with Crippen molar-refractivity contribution in [2.24, 2.45) is 5.92 Å². The predicted molar refractivity (Wildman–Crippen MR) is 127 cm³/mol. The van der Waals surface area contributed by atoms with Crippen LogP contribution < -0.4 is 10.6 Å². The third-order valence-corrected chi connectivity index (χ3v) is 7.05. The standard InChI is InChI=1S/C26H35N3O6/c1-25(2,3)35-24(33)27-19-9-10-26(4,34)13-16(19)11-15-5-6-18-17(12-15)14-29(23(18)32)20-7-8-21(30)28-22(20)31/h5-6,12,16,19-20,34H,7-11,13-14H2,1-4H3,(H,27,33)(H,28,30,31)/t16-,19-,20?,26+/m0/s1. The Morgan fingerprint density at radius 3 is 2.69 bits per heavy atom. The Kier molecular flexibility index (Phi) is 6.66. The van der Waals surface area contributed by atoms with E-state index in [-0.39, 0.29) is 30.2 Å². The lowest BCUT2D eigenvalue weighted by atomic mass is 9.73. The Hall–Kier alpha value is -2.94. The SMILES string of the molecule is CC(C)(C)OC(=O)N[C@H]1CC[C@@](C)(O)C[C@@H]1Cc1ccc2c(c1)CN(C1CCC(=O)NC1=O)C2=O. The van der Waals surface area contributed by atoms with Crippen LogP contribution in [0.5, 0.6) is 0 Å². The number of alkyl carbamates (subject to hydrolysis) is 1. The second kappa shape index (κ2) is 9.26. The second-order valence-corrected chi connectivity index (χ2v) is 11.3. The molecule has 2 heterocycles. The summed E-state index contributed by atoms with van der Waals surface area (Å²) >= 11 is 0. The van der Waals surface area contributed by atoms with E-state index in [1.807, 2.05) is 39.8 Å². The minimum absolute atomic E-state index is 0.00680. The predicted octanol–water partition coefficient (Wildman–Crippen LogP) is 2.43. The van der Waals surface area contributed by atoms with Crippen molar-refractivity contribution in [3.63, 3.8) is 0 Å². The number of nitrogens with one attached hydrogen (secondary N) is 2. The molecule has 0 spiro atoms. The molecule has 3 N–H and O–H groups in total. The highest BCUT2D eigenvalue weighted by Gasteiger charge is 2.40. The molecule has 1 aromatic rings. The maximum Gasteiger partial charge on any atom is 0.407 e. The van der Waals surface area contributed by atoms with Crippen molar-refractivity contribution in [2.75, 3.05) is 0 Å². The highest BCUT2D eigenvalue weighted by atomic mass is 16.6. The zero-order chi connectivity index (χ0) is 25.5. The Labute approximate surface area is 205 Å². The Balaban J connectivity index is 1.48. The summed E-state index contributed by atoms with van der Waals surface area (Å²) in [6.45, 7) is 7.60. The van der Waals surface area contributed by atoms with Gasteiger partial charge >= 0.3 is 6.09 Å². The monoisotopic (exact) mass is 485 g/mol. The molecule has 1 saturated carbocycles. The average Bonchev–Trinajstić information content (AvgIpc) is 3.04. The van der Waals surface area contributed by atoms with E-state index in [2.05, 4.69) is 10.6 Å².